The second-order valence-corrected chi connectivity index (χ2v) is 6.69. The topological polar surface area (TPSA) is 93.4 Å². The summed E-state index contributed by atoms with van der Waals surface area (Å²) >= 11 is 0. The van der Waals surface area contributed by atoms with E-state index in [2.05, 4.69) is 6.07 Å². The Labute approximate surface area is 155 Å². The van der Waals surface area contributed by atoms with Crippen molar-refractivity contribution in [1.29, 1.82) is 5.26 Å². The van der Waals surface area contributed by atoms with Crippen molar-refractivity contribution in [3.63, 3.8) is 0 Å². The number of ether oxygens (including phenoxy) is 1. The fourth-order valence-corrected chi connectivity index (χ4v) is 3.92. The second-order valence-electron chi connectivity index (χ2n) is 6.69. The van der Waals surface area contributed by atoms with E-state index in [1.807, 2.05) is 19.1 Å². The van der Waals surface area contributed by atoms with E-state index in [-0.39, 0.29) is 6.61 Å². The molecule has 3 aromatic rings. The minimum atomic E-state index is -1.43. The highest BCUT2D eigenvalue weighted by Gasteiger charge is 2.74. The predicted molar refractivity (Wildman–Crippen MR) is 96.1 cm³/mol. The van der Waals surface area contributed by atoms with Crippen molar-refractivity contribution in [1.82, 2.24) is 0 Å². The largest absolute Gasteiger partial charge is 0.469 e. The van der Waals surface area contributed by atoms with Crippen molar-refractivity contribution < 1.29 is 18.4 Å². The van der Waals surface area contributed by atoms with E-state index in [0.717, 1.165) is 5.56 Å². The smallest absolute Gasteiger partial charge is 0.336 e. The molecule has 4 rings (SSSR count). The zero-order chi connectivity index (χ0) is 19.2. The monoisotopic (exact) mass is 363 g/mol. The molecule has 27 heavy (non-hydrogen) atoms. The normalized spacial score (nSPS) is 23.7. The summed E-state index contributed by atoms with van der Waals surface area (Å²) in [5.74, 6) is -1.17. The van der Waals surface area contributed by atoms with Crippen LogP contribution in [0, 0.1) is 23.7 Å². The fourth-order valence-electron chi connectivity index (χ4n) is 3.92. The van der Waals surface area contributed by atoms with Crippen molar-refractivity contribution in [2.24, 2.45) is 5.41 Å². The Morgan fingerprint density at radius 3 is 2.78 bits per heavy atom. The van der Waals surface area contributed by atoms with Crippen molar-refractivity contribution in [2.45, 2.75) is 25.7 Å². The first-order valence-corrected chi connectivity index (χ1v) is 8.69. The van der Waals surface area contributed by atoms with Crippen LogP contribution >= 0.6 is 0 Å². The number of aryl methyl sites for hydroxylation is 1. The Morgan fingerprint density at radius 1 is 1.30 bits per heavy atom. The molecule has 1 aliphatic rings. The van der Waals surface area contributed by atoms with Crippen molar-refractivity contribution in [3.8, 4) is 6.07 Å². The van der Waals surface area contributed by atoms with E-state index in [9.17, 15) is 14.9 Å². The highest BCUT2D eigenvalue weighted by molar-refractivity contribution is 5.92. The van der Waals surface area contributed by atoms with Gasteiger partial charge in [0.05, 0.1) is 24.9 Å². The molecule has 0 N–H and O–H groups in total. The standard InChI is InChI=1S/C21H17NO5/c1-3-25-20(24)21(11-22)18(19(21)16-5-4-8-26-16)14-10-17(23)27-15-7-6-12(2)9-13(14)15/h4-10,18-19H,3H2,1-2H3. The number of hydrogen-bond acceptors (Lipinski definition) is 6. The van der Waals surface area contributed by atoms with Gasteiger partial charge in [-0.15, -0.1) is 0 Å². The maximum Gasteiger partial charge on any atom is 0.336 e. The van der Waals surface area contributed by atoms with Gasteiger partial charge in [0.2, 0.25) is 0 Å². The summed E-state index contributed by atoms with van der Waals surface area (Å²) in [7, 11) is 0. The lowest BCUT2D eigenvalue weighted by Gasteiger charge is -2.09. The van der Waals surface area contributed by atoms with E-state index in [1.165, 1.54) is 12.3 Å². The van der Waals surface area contributed by atoms with Crippen molar-refractivity contribution in [2.75, 3.05) is 6.61 Å². The Morgan fingerprint density at radius 2 is 2.11 bits per heavy atom. The first-order valence-electron chi connectivity index (χ1n) is 8.69. The maximum atomic E-state index is 12.7. The molecule has 1 aromatic carbocycles. The molecule has 0 bridgehead atoms. The van der Waals surface area contributed by atoms with Crippen LogP contribution in [0.5, 0.6) is 0 Å². The minimum absolute atomic E-state index is 0.163. The van der Waals surface area contributed by atoms with Gasteiger partial charge in [-0.25, -0.2) is 4.79 Å². The third-order valence-electron chi connectivity index (χ3n) is 5.12. The van der Waals surface area contributed by atoms with Crippen LogP contribution in [0.25, 0.3) is 11.0 Å². The molecule has 6 heteroatoms. The van der Waals surface area contributed by atoms with E-state index in [4.69, 9.17) is 13.6 Å². The molecular weight excluding hydrogens is 346 g/mol. The number of carbonyl (C=O) groups is 1. The zero-order valence-electron chi connectivity index (χ0n) is 14.9. The molecular formula is C21H17NO5. The molecule has 1 fully saturated rings. The molecule has 136 valence electrons. The number of hydrogen-bond donors (Lipinski definition) is 0. The lowest BCUT2D eigenvalue weighted by molar-refractivity contribution is -0.147. The highest BCUT2D eigenvalue weighted by atomic mass is 16.5. The number of rotatable bonds is 4. The number of nitrogens with zero attached hydrogens (tertiary/aromatic N) is 1. The first-order chi connectivity index (χ1) is 13.0. The van der Waals surface area contributed by atoms with Crippen LogP contribution in [-0.4, -0.2) is 12.6 Å². The third-order valence-corrected chi connectivity index (χ3v) is 5.12. The molecule has 2 heterocycles. The summed E-state index contributed by atoms with van der Waals surface area (Å²) in [5.41, 5.74) is 0.0386. The predicted octanol–water partition coefficient (Wildman–Crippen LogP) is 3.65. The lowest BCUT2D eigenvalue weighted by atomic mass is 9.97. The summed E-state index contributed by atoms with van der Waals surface area (Å²) in [6.07, 6.45) is 1.50. The van der Waals surface area contributed by atoms with E-state index >= 15 is 0 Å². The Kier molecular flexibility index (Phi) is 3.88. The van der Waals surface area contributed by atoms with Crippen LogP contribution in [0.1, 0.15) is 35.6 Å². The van der Waals surface area contributed by atoms with Crippen LogP contribution in [0.3, 0.4) is 0 Å². The molecule has 0 amide bonds. The average Bonchev–Trinajstić information content (AvgIpc) is 3.02. The molecule has 0 aliphatic heterocycles. The molecule has 3 atom stereocenters. The van der Waals surface area contributed by atoms with Gasteiger partial charge in [0.15, 0.2) is 5.41 Å². The van der Waals surface area contributed by atoms with Crippen molar-refractivity contribution in [3.05, 3.63) is 70.0 Å². The van der Waals surface area contributed by atoms with Crippen LogP contribution in [-0.2, 0) is 9.53 Å². The number of furan rings is 1. The fraction of sp³-hybridized carbons (Fsp3) is 0.286. The van der Waals surface area contributed by atoms with Crippen molar-refractivity contribution >= 4 is 16.9 Å². The van der Waals surface area contributed by atoms with Crippen LogP contribution in [0.15, 0.2) is 56.3 Å². The van der Waals surface area contributed by atoms with Gasteiger partial charge in [-0.1, -0.05) is 11.6 Å². The molecule has 1 saturated carbocycles. The molecule has 6 nitrogen and oxygen atoms in total. The quantitative estimate of drug-likeness (QED) is 0.519. The number of carbonyl (C=O) groups excluding carboxylic acids is 1. The van der Waals surface area contributed by atoms with Crippen LogP contribution in [0.2, 0.25) is 0 Å². The van der Waals surface area contributed by atoms with Gasteiger partial charge in [-0.2, -0.15) is 5.26 Å². The van der Waals surface area contributed by atoms with E-state index in [0.29, 0.717) is 22.3 Å². The number of benzene rings is 1. The average molecular weight is 363 g/mol. The molecule has 1 aliphatic carbocycles. The van der Waals surface area contributed by atoms with Gasteiger partial charge < -0.3 is 13.6 Å². The second kappa shape index (κ2) is 6.13. The maximum absolute atomic E-state index is 12.7. The van der Waals surface area contributed by atoms with Gasteiger partial charge in [0.25, 0.3) is 0 Å². The van der Waals surface area contributed by atoms with Crippen LogP contribution in [0.4, 0.5) is 0 Å². The van der Waals surface area contributed by atoms with Gasteiger partial charge in [0, 0.05) is 17.4 Å². The molecule has 0 saturated heterocycles. The zero-order valence-corrected chi connectivity index (χ0v) is 14.9. The summed E-state index contributed by atoms with van der Waals surface area (Å²) in [4.78, 5) is 24.9. The van der Waals surface area contributed by atoms with Gasteiger partial charge in [-0.05, 0) is 43.7 Å². The molecule has 0 spiro atoms. The Balaban J connectivity index is 1.95. The number of fused-ring (bicyclic) bond motifs is 1. The van der Waals surface area contributed by atoms with Gasteiger partial charge in [-0.3, -0.25) is 4.79 Å². The van der Waals surface area contributed by atoms with Crippen LogP contribution < -0.4 is 5.63 Å². The number of esters is 1. The highest BCUT2D eigenvalue weighted by Crippen LogP contribution is 2.71. The van der Waals surface area contributed by atoms with Gasteiger partial charge in [0.1, 0.15) is 11.3 Å². The summed E-state index contributed by atoms with van der Waals surface area (Å²) in [6, 6.07) is 12.4. The lowest BCUT2D eigenvalue weighted by Crippen LogP contribution is -2.21. The first kappa shape index (κ1) is 17.1. The summed E-state index contributed by atoms with van der Waals surface area (Å²) < 4.78 is 16.0. The van der Waals surface area contributed by atoms with E-state index < -0.39 is 28.8 Å². The molecule has 0 radical (unpaired) electrons. The minimum Gasteiger partial charge on any atom is -0.469 e. The van der Waals surface area contributed by atoms with Gasteiger partial charge >= 0.3 is 11.6 Å². The Bertz CT molecular complexity index is 1120. The van der Waals surface area contributed by atoms with E-state index in [1.54, 1.807) is 25.1 Å². The Hall–Kier alpha value is -3.33. The summed E-state index contributed by atoms with van der Waals surface area (Å²) in [6.45, 7) is 3.78. The number of nitriles is 1. The molecule has 2 aromatic heterocycles. The SMILES string of the molecule is CCOC(=O)C1(C#N)C(c2ccco2)C1c1cc(=O)oc2ccc(C)cc12. The summed E-state index contributed by atoms with van der Waals surface area (Å²) in [5, 5.41) is 10.7. The third kappa shape index (κ3) is 2.47. The molecule has 3 unspecified atom stereocenters.